The highest BCUT2D eigenvalue weighted by Gasteiger charge is 2.14. The van der Waals surface area contributed by atoms with Crippen LogP contribution in [0.25, 0.3) is 22.2 Å². The van der Waals surface area contributed by atoms with E-state index < -0.39 is 0 Å². The Hall–Kier alpha value is -3.47. The molecule has 0 fully saturated rings. The highest BCUT2D eigenvalue weighted by molar-refractivity contribution is 5.90. The molecule has 0 saturated carbocycles. The Bertz CT molecular complexity index is 1090. The zero-order valence-electron chi connectivity index (χ0n) is 15.1. The van der Waals surface area contributed by atoms with Gasteiger partial charge in [0.2, 0.25) is 0 Å². The number of aromatic nitrogens is 1. The monoisotopic (exact) mass is 361 g/mol. The Labute approximate surface area is 156 Å². The van der Waals surface area contributed by atoms with Crippen LogP contribution in [0, 0.1) is 0 Å². The van der Waals surface area contributed by atoms with Crippen molar-refractivity contribution in [2.75, 3.05) is 14.2 Å². The fourth-order valence-corrected chi connectivity index (χ4v) is 3.29. The molecule has 0 spiro atoms. The second-order valence-electron chi connectivity index (χ2n) is 6.24. The second kappa shape index (κ2) is 7.03. The van der Waals surface area contributed by atoms with E-state index in [4.69, 9.17) is 13.9 Å². The molecule has 0 bridgehead atoms. The van der Waals surface area contributed by atoms with Crippen molar-refractivity contribution in [3.63, 3.8) is 0 Å². The predicted molar refractivity (Wildman–Crippen MR) is 103 cm³/mol. The largest absolute Gasteiger partial charge is 0.497 e. The van der Waals surface area contributed by atoms with Gasteiger partial charge in [-0.1, -0.05) is 12.1 Å². The van der Waals surface area contributed by atoms with Gasteiger partial charge in [0, 0.05) is 23.0 Å². The highest BCUT2D eigenvalue weighted by Crippen LogP contribution is 2.31. The molecule has 2 heterocycles. The highest BCUT2D eigenvalue weighted by atomic mass is 16.5. The Morgan fingerprint density at radius 2 is 1.96 bits per heavy atom. The van der Waals surface area contributed by atoms with Crippen LogP contribution < -0.4 is 4.74 Å². The molecule has 0 radical (unpaired) electrons. The zero-order valence-corrected chi connectivity index (χ0v) is 15.1. The van der Waals surface area contributed by atoms with Gasteiger partial charge in [-0.15, -0.1) is 0 Å². The minimum Gasteiger partial charge on any atom is -0.497 e. The van der Waals surface area contributed by atoms with E-state index in [0.717, 1.165) is 33.5 Å². The van der Waals surface area contributed by atoms with Gasteiger partial charge in [0.25, 0.3) is 0 Å². The van der Waals surface area contributed by atoms with Crippen molar-refractivity contribution in [2.45, 2.75) is 6.54 Å². The SMILES string of the molecule is COC(=O)c1cccc(Cn2c(-c3ccoc3)cc3cc(OC)ccc32)c1. The van der Waals surface area contributed by atoms with Gasteiger partial charge >= 0.3 is 5.97 Å². The quantitative estimate of drug-likeness (QED) is 0.482. The summed E-state index contributed by atoms with van der Waals surface area (Å²) in [5.74, 6) is 0.472. The van der Waals surface area contributed by atoms with Crippen LogP contribution >= 0.6 is 0 Å². The molecule has 0 aliphatic heterocycles. The van der Waals surface area contributed by atoms with Crippen molar-refractivity contribution in [3.8, 4) is 17.0 Å². The molecular formula is C22H19NO4. The third kappa shape index (κ3) is 3.19. The van der Waals surface area contributed by atoms with Crippen LogP contribution in [0.5, 0.6) is 5.75 Å². The third-order valence-corrected chi connectivity index (χ3v) is 4.61. The van der Waals surface area contributed by atoms with Gasteiger partial charge in [-0.25, -0.2) is 4.79 Å². The Morgan fingerprint density at radius 3 is 2.70 bits per heavy atom. The predicted octanol–water partition coefficient (Wildman–Crippen LogP) is 4.74. The standard InChI is InChI=1S/C22H19NO4/c1-25-19-6-7-20-18(11-19)12-21(17-8-9-27-14-17)23(20)13-15-4-3-5-16(10-15)22(24)26-2/h3-12,14H,13H2,1-2H3. The Balaban J connectivity index is 1.82. The average Bonchev–Trinajstić information content (AvgIpc) is 3.35. The van der Waals surface area contributed by atoms with E-state index in [1.807, 2.05) is 42.5 Å². The molecule has 0 saturated heterocycles. The molecule has 0 unspecified atom stereocenters. The number of furan rings is 1. The van der Waals surface area contributed by atoms with Crippen LogP contribution in [0.15, 0.2) is 71.5 Å². The molecule has 27 heavy (non-hydrogen) atoms. The van der Waals surface area contributed by atoms with Crippen LogP contribution in [-0.2, 0) is 11.3 Å². The van der Waals surface area contributed by atoms with Crippen LogP contribution in [-0.4, -0.2) is 24.8 Å². The van der Waals surface area contributed by atoms with Crippen molar-refractivity contribution < 1.29 is 18.7 Å². The summed E-state index contributed by atoms with van der Waals surface area (Å²) in [5.41, 5.74) is 4.66. The lowest BCUT2D eigenvalue weighted by atomic mass is 10.1. The molecule has 0 atom stereocenters. The van der Waals surface area contributed by atoms with Crippen molar-refractivity contribution in [1.82, 2.24) is 4.57 Å². The fraction of sp³-hybridized carbons (Fsp3) is 0.136. The number of fused-ring (bicyclic) bond motifs is 1. The lowest BCUT2D eigenvalue weighted by molar-refractivity contribution is 0.0600. The van der Waals surface area contributed by atoms with Gasteiger partial charge in [-0.05, 0) is 48.0 Å². The summed E-state index contributed by atoms with van der Waals surface area (Å²) in [6.45, 7) is 0.612. The molecule has 0 aliphatic rings. The van der Waals surface area contributed by atoms with Gasteiger partial charge < -0.3 is 18.5 Å². The molecule has 136 valence electrons. The summed E-state index contributed by atoms with van der Waals surface area (Å²) >= 11 is 0. The topological polar surface area (TPSA) is 53.6 Å². The fourth-order valence-electron chi connectivity index (χ4n) is 3.29. The number of carbonyl (C=O) groups excluding carboxylic acids is 1. The van der Waals surface area contributed by atoms with Gasteiger partial charge in [0.05, 0.1) is 38.0 Å². The maximum Gasteiger partial charge on any atom is 0.337 e. The summed E-state index contributed by atoms with van der Waals surface area (Å²) in [4.78, 5) is 11.8. The van der Waals surface area contributed by atoms with E-state index in [1.165, 1.54) is 7.11 Å². The number of rotatable bonds is 5. The van der Waals surface area contributed by atoms with Crippen LogP contribution in [0.2, 0.25) is 0 Å². The Kier molecular flexibility index (Phi) is 4.42. The summed E-state index contributed by atoms with van der Waals surface area (Å²) in [6.07, 6.45) is 3.39. The number of carbonyl (C=O) groups is 1. The van der Waals surface area contributed by atoms with E-state index in [0.29, 0.717) is 12.1 Å². The molecule has 2 aromatic carbocycles. The summed E-state index contributed by atoms with van der Waals surface area (Å²) < 4.78 is 17.7. The summed E-state index contributed by atoms with van der Waals surface area (Å²) in [6, 6.07) is 17.5. The second-order valence-corrected chi connectivity index (χ2v) is 6.24. The molecule has 0 aliphatic carbocycles. The Morgan fingerprint density at radius 1 is 1.07 bits per heavy atom. The molecule has 5 heteroatoms. The van der Waals surface area contributed by atoms with Crippen LogP contribution in [0.4, 0.5) is 0 Å². The average molecular weight is 361 g/mol. The lowest BCUT2D eigenvalue weighted by Gasteiger charge is -2.11. The number of hydrogen-bond acceptors (Lipinski definition) is 4. The molecule has 0 N–H and O–H groups in total. The first kappa shape index (κ1) is 17.0. The zero-order chi connectivity index (χ0) is 18.8. The number of methoxy groups -OCH3 is 2. The van der Waals surface area contributed by atoms with Gasteiger partial charge in [-0.2, -0.15) is 0 Å². The first-order valence-corrected chi connectivity index (χ1v) is 8.56. The van der Waals surface area contributed by atoms with Crippen molar-refractivity contribution in [1.29, 1.82) is 0 Å². The molecule has 0 amide bonds. The number of esters is 1. The minimum absolute atomic E-state index is 0.339. The number of hydrogen-bond donors (Lipinski definition) is 0. The molecule has 5 nitrogen and oxygen atoms in total. The molecule has 4 rings (SSSR count). The van der Waals surface area contributed by atoms with Crippen molar-refractivity contribution >= 4 is 16.9 Å². The van der Waals surface area contributed by atoms with E-state index >= 15 is 0 Å². The summed E-state index contributed by atoms with van der Waals surface area (Å²) in [5, 5.41) is 1.08. The van der Waals surface area contributed by atoms with E-state index in [1.54, 1.807) is 25.7 Å². The smallest absolute Gasteiger partial charge is 0.337 e. The molecule has 4 aromatic rings. The normalized spacial score (nSPS) is 10.9. The van der Waals surface area contributed by atoms with Gasteiger partial charge in [-0.3, -0.25) is 0 Å². The number of nitrogens with zero attached hydrogens (tertiary/aromatic N) is 1. The van der Waals surface area contributed by atoms with Gasteiger partial charge in [0.15, 0.2) is 0 Å². The first-order chi connectivity index (χ1) is 13.2. The summed E-state index contributed by atoms with van der Waals surface area (Å²) in [7, 11) is 3.05. The van der Waals surface area contributed by atoms with E-state index in [-0.39, 0.29) is 5.97 Å². The lowest BCUT2D eigenvalue weighted by Crippen LogP contribution is -2.05. The first-order valence-electron chi connectivity index (χ1n) is 8.56. The van der Waals surface area contributed by atoms with Crippen molar-refractivity contribution in [2.24, 2.45) is 0 Å². The van der Waals surface area contributed by atoms with Crippen LogP contribution in [0.1, 0.15) is 15.9 Å². The maximum absolute atomic E-state index is 11.8. The van der Waals surface area contributed by atoms with E-state index in [9.17, 15) is 4.79 Å². The molecular weight excluding hydrogens is 342 g/mol. The minimum atomic E-state index is -0.339. The number of ether oxygens (including phenoxy) is 2. The third-order valence-electron chi connectivity index (χ3n) is 4.61. The van der Waals surface area contributed by atoms with Gasteiger partial charge in [0.1, 0.15) is 5.75 Å². The van der Waals surface area contributed by atoms with Crippen molar-refractivity contribution in [3.05, 3.63) is 78.3 Å². The van der Waals surface area contributed by atoms with Crippen LogP contribution in [0.3, 0.4) is 0 Å². The number of benzene rings is 2. The molecule has 2 aromatic heterocycles. The maximum atomic E-state index is 11.8. The van der Waals surface area contributed by atoms with E-state index in [2.05, 4.69) is 10.6 Å².